The van der Waals surface area contributed by atoms with Crippen LogP contribution in [0.3, 0.4) is 0 Å². The molecule has 5 rings (SSSR count). The van der Waals surface area contributed by atoms with E-state index in [1.807, 2.05) is 36.4 Å². The largest absolute Gasteiger partial charge is 0.508 e. The Kier molecular flexibility index (Phi) is 4.75. The van der Waals surface area contributed by atoms with E-state index in [-0.39, 0.29) is 0 Å². The Bertz CT molecular complexity index is 1140. The van der Waals surface area contributed by atoms with Crippen molar-refractivity contribution in [2.45, 2.75) is 35.1 Å². The molecule has 1 atom stereocenters. The van der Waals surface area contributed by atoms with Crippen LogP contribution in [0.4, 0.5) is 0 Å². The molecule has 1 N–H and O–H groups in total. The maximum Gasteiger partial charge on any atom is 0.128 e. The molecule has 3 nitrogen and oxygen atoms in total. The molecule has 28 heavy (non-hydrogen) atoms. The van der Waals surface area contributed by atoms with E-state index in [1.54, 1.807) is 41.6 Å². The Balaban J connectivity index is 1.49. The van der Waals surface area contributed by atoms with Gasteiger partial charge in [-0.1, -0.05) is 35.5 Å². The first kappa shape index (κ1) is 18.0. The summed E-state index contributed by atoms with van der Waals surface area (Å²) in [5.41, 5.74) is 2.70. The van der Waals surface area contributed by atoms with Crippen LogP contribution in [0.15, 0.2) is 64.8 Å². The molecule has 0 saturated carbocycles. The zero-order chi connectivity index (χ0) is 19.1. The molecular formula is C22H17ClN2OS2. The number of benzene rings is 2. The van der Waals surface area contributed by atoms with Crippen molar-refractivity contribution in [2.24, 2.45) is 0 Å². The van der Waals surface area contributed by atoms with E-state index in [0.29, 0.717) is 11.7 Å². The first-order chi connectivity index (χ1) is 13.7. The molecule has 0 amide bonds. The van der Waals surface area contributed by atoms with Gasteiger partial charge in [-0.25, -0.2) is 9.97 Å². The van der Waals surface area contributed by atoms with Gasteiger partial charge in [0.15, 0.2) is 0 Å². The maximum absolute atomic E-state index is 9.55. The Hall–Kier alpha value is -2.08. The summed E-state index contributed by atoms with van der Waals surface area (Å²) in [5, 5.41) is 12.5. The third-order valence-electron chi connectivity index (χ3n) is 5.20. The summed E-state index contributed by atoms with van der Waals surface area (Å²) in [7, 11) is 0. The van der Waals surface area contributed by atoms with Gasteiger partial charge in [0.2, 0.25) is 0 Å². The summed E-state index contributed by atoms with van der Waals surface area (Å²) >= 11 is 9.48. The van der Waals surface area contributed by atoms with Crippen LogP contribution in [0.1, 0.15) is 28.3 Å². The quantitative estimate of drug-likeness (QED) is 0.382. The number of halogens is 1. The molecule has 0 spiro atoms. The van der Waals surface area contributed by atoms with E-state index in [2.05, 4.69) is 9.97 Å². The number of hydrogen-bond acceptors (Lipinski definition) is 5. The zero-order valence-corrected chi connectivity index (χ0v) is 17.3. The number of aromatic hydroxyl groups is 1. The molecular weight excluding hydrogens is 408 g/mol. The van der Waals surface area contributed by atoms with E-state index in [0.717, 1.165) is 39.0 Å². The molecule has 140 valence electrons. The maximum atomic E-state index is 9.55. The first-order valence-corrected chi connectivity index (χ1v) is 11.2. The molecule has 1 aliphatic carbocycles. The van der Waals surface area contributed by atoms with Crippen molar-refractivity contribution < 1.29 is 5.11 Å². The van der Waals surface area contributed by atoms with Crippen molar-refractivity contribution in [1.29, 1.82) is 0 Å². The number of fused-ring (bicyclic) bond motifs is 3. The molecule has 2 heterocycles. The third-order valence-corrected chi connectivity index (χ3v) is 7.63. The molecule has 1 aliphatic rings. The molecule has 2 aromatic heterocycles. The lowest BCUT2D eigenvalue weighted by Gasteiger charge is -2.22. The second kappa shape index (κ2) is 7.39. The van der Waals surface area contributed by atoms with Crippen LogP contribution in [-0.4, -0.2) is 15.1 Å². The van der Waals surface area contributed by atoms with Crippen LogP contribution in [0.5, 0.6) is 5.75 Å². The Morgan fingerprint density at radius 1 is 1.04 bits per heavy atom. The summed E-state index contributed by atoms with van der Waals surface area (Å²) in [6.45, 7) is 0. The number of rotatable bonds is 3. The standard InChI is InChI=1S/C22H17ClN2OS2/c23-15-4-8-17(9-5-15)27-21-20-18-10-3-14(13-1-6-16(26)7-2-13)11-19(18)28-22(20)25-12-24-21/h1-2,4-9,12,14,26H,3,10-11H2. The Morgan fingerprint density at radius 2 is 1.82 bits per heavy atom. The normalized spacial score (nSPS) is 16.2. The predicted octanol–water partition coefficient (Wildman–Crippen LogP) is 6.47. The van der Waals surface area contributed by atoms with Crippen LogP contribution in [0.25, 0.3) is 10.2 Å². The number of nitrogens with zero attached hydrogens (tertiary/aromatic N) is 2. The minimum atomic E-state index is 0.321. The minimum Gasteiger partial charge on any atom is -0.508 e. The van der Waals surface area contributed by atoms with Gasteiger partial charge in [0.25, 0.3) is 0 Å². The van der Waals surface area contributed by atoms with Gasteiger partial charge in [-0.05, 0) is 72.7 Å². The SMILES string of the molecule is Oc1ccc(C2CCc3c(sc4ncnc(Sc5ccc(Cl)cc5)c34)C2)cc1. The third kappa shape index (κ3) is 3.39. The monoisotopic (exact) mass is 424 g/mol. The van der Waals surface area contributed by atoms with Crippen molar-refractivity contribution in [1.82, 2.24) is 9.97 Å². The van der Waals surface area contributed by atoms with Crippen LogP contribution >= 0.6 is 34.7 Å². The molecule has 0 fully saturated rings. The van der Waals surface area contributed by atoms with Crippen LogP contribution in [0.2, 0.25) is 5.02 Å². The highest BCUT2D eigenvalue weighted by molar-refractivity contribution is 7.99. The molecule has 1 unspecified atom stereocenters. The fourth-order valence-electron chi connectivity index (χ4n) is 3.80. The Labute approximate surface area is 176 Å². The first-order valence-electron chi connectivity index (χ1n) is 9.15. The average molecular weight is 425 g/mol. The van der Waals surface area contributed by atoms with Gasteiger partial charge in [-0.15, -0.1) is 11.3 Å². The highest BCUT2D eigenvalue weighted by atomic mass is 35.5. The second-order valence-corrected chi connectivity index (χ2v) is 9.53. The topological polar surface area (TPSA) is 46.0 Å². The summed E-state index contributed by atoms with van der Waals surface area (Å²) in [5.74, 6) is 0.808. The molecule has 0 saturated heterocycles. The van der Waals surface area contributed by atoms with E-state index in [9.17, 15) is 5.11 Å². The second-order valence-electron chi connectivity index (χ2n) is 6.95. The molecule has 2 aromatic carbocycles. The van der Waals surface area contributed by atoms with Crippen LogP contribution in [0, 0.1) is 0 Å². The van der Waals surface area contributed by atoms with Gasteiger partial charge in [0.05, 0.1) is 0 Å². The summed E-state index contributed by atoms with van der Waals surface area (Å²) in [6.07, 6.45) is 4.82. The van der Waals surface area contributed by atoms with Gasteiger partial charge in [-0.3, -0.25) is 0 Å². The van der Waals surface area contributed by atoms with Crippen molar-refractivity contribution >= 4 is 44.9 Å². The predicted molar refractivity (Wildman–Crippen MR) is 116 cm³/mol. The van der Waals surface area contributed by atoms with Crippen molar-refractivity contribution in [3.63, 3.8) is 0 Å². The van der Waals surface area contributed by atoms with Gasteiger partial charge < -0.3 is 5.11 Å². The van der Waals surface area contributed by atoms with Crippen molar-refractivity contribution in [2.75, 3.05) is 0 Å². The van der Waals surface area contributed by atoms with Gasteiger partial charge in [0, 0.05) is 20.2 Å². The summed E-state index contributed by atoms with van der Waals surface area (Å²) in [4.78, 5) is 12.8. The summed E-state index contributed by atoms with van der Waals surface area (Å²) < 4.78 is 0. The van der Waals surface area contributed by atoms with Gasteiger partial charge >= 0.3 is 0 Å². The average Bonchev–Trinajstić information content (AvgIpc) is 3.09. The lowest BCUT2D eigenvalue weighted by Crippen LogP contribution is -2.10. The smallest absolute Gasteiger partial charge is 0.128 e. The minimum absolute atomic E-state index is 0.321. The lowest BCUT2D eigenvalue weighted by molar-refractivity contribution is 0.474. The van der Waals surface area contributed by atoms with E-state index in [1.165, 1.54) is 21.4 Å². The van der Waals surface area contributed by atoms with E-state index < -0.39 is 0 Å². The van der Waals surface area contributed by atoms with Crippen molar-refractivity contribution in [3.05, 3.63) is 75.9 Å². The molecule has 4 aromatic rings. The fraction of sp³-hybridized carbons (Fsp3) is 0.182. The number of thiophene rings is 1. The molecule has 6 heteroatoms. The number of hydrogen-bond donors (Lipinski definition) is 1. The summed E-state index contributed by atoms with van der Waals surface area (Å²) in [6, 6.07) is 15.5. The fourth-order valence-corrected chi connectivity index (χ4v) is 6.18. The highest BCUT2D eigenvalue weighted by Crippen LogP contribution is 2.44. The lowest BCUT2D eigenvalue weighted by atomic mass is 9.83. The van der Waals surface area contributed by atoms with E-state index in [4.69, 9.17) is 11.6 Å². The molecule has 0 radical (unpaired) electrons. The zero-order valence-electron chi connectivity index (χ0n) is 14.9. The number of phenolic OH excluding ortho intramolecular Hbond substituents is 1. The molecule has 0 aliphatic heterocycles. The Morgan fingerprint density at radius 3 is 2.61 bits per heavy atom. The van der Waals surface area contributed by atoms with Gasteiger partial charge in [-0.2, -0.15) is 0 Å². The van der Waals surface area contributed by atoms with Gasteiger partial charge in [0.1, 0.15) is 21.9 Å². The van der Waals surface area contributed by atoms with Crippen molar-refractivity contribution in [3.8, 4) is 5.75 Å². The molecule has 0 bridgehead atoms. The van der Waals surface area contributed by atoms with E-state index >= 15 is 0 Å². The number of aromatic nitrogens is 2. The number of phenols is 1. The highest BCUT2D eigenvalue weighted by Gasteiger charge is 2.26. The number of aryl methyl sites for hydroxylation is 1. The van der Waals surface area contributed by atoms with Crippen LogP contribution in [-0.2, 0) is 12.8 Å². The van der Waals surface area contributed by atoms with Crippen LogP contribution < -0.4 is 0 Å².